The zero-order valence-electron chi connectivity index (χ0n) is 19.8. The molecule has 9 heteroatoms. The predicted molar refractivity (Wildman–Crippen MR) is 131 cm³/mol. The molecule has 1 aliphatic heterocycles. The minimum atomic E-state index is -0.194. The zero-order valence-corrected chi connectivity index (χ0v) is 20.5. The van der Waals surface area contributed by atoms with Crippen LogP contribution in [0.15, 0.2) is 36.4 Å². The zero-order chi connectivity index (χ0) is 24.0. The summed E-state index contributed by atoms with van der Waals surface area (Å²) in [5.41, 5.74) is 1.57. The van der Waals surface area contributed by atoms with Crippen LogP contribution in [-0.4, -0.2) is 76.7 Å². The van der Waals surface area contributed by atoms with Crippen molar-refractivity contribution in [2.45, 2.75) is 46.2 Å². The number of piperazine rings is 1. The monoisotopic (exact) mass is 472 g/mol. The molecular weight excluding hydrogens is 440 g/mol. The van der Waals surface area contributed by atoms with Crippen LogP contribution in [-0.2, 0) is 4.79 Å². The van der Waals surface area contributed by atoms with Crippen molar-refractivity contribution >= 4 is 29.4 Å². The number of hydrogen-bond donors (Lipinski definition) is 1. The van der Waals surface area contributed by atoms with Gasteiger partial charge in [-0.1, -0.05) is 36.7 Å². The number of carbonyl (C=O) groups excluding carboxylic acids is 2. The minimum Gasteiger partial charge on any atom is -0.352 e. The highest BCUT2D eigenvalue weighted by atomic mass is 35.5. The standard InChI is InChI=1S/C24H33ClN6O2/c1-5-18(4)31(24(33)26-17(2)3)16-23(32)30-14-12-29(13-15-30)22-11-10-21(27-28-22)19-8-6-7-9-20(19)25/h6-11,17-18H,5,12-16H2,1-4H3,(H,26,33). The molecule has 0 bridgehead atoms. The molecule has 1 aromatic heterocycles. The first-order valence-corrected chi connectivity index (χ1v) is 11.9. The number of halogens is 1. The topological polar surface area (TPSA) is 81.7 Å². The number of benzene rings is 1. The van der Waals surface area contributed by atoms with Crippen molar-refractivity contribution in [3.63, 3.8) is 0 Å². The molecule has 1 aromatic carbocycles. The van der Waals surface area contributed by atoms with Crippen molar-refractivity contribution in [2.75, 3.05) is 37.6 Å². The number of hydrogen-bond acceptors (Lipinski definition) is 5. The predicted octanol–water partition coefficient (Wildman–Crippen LogP) is 3.66. The molecule has 178 valence electrons. The van der Waals surface area contributed by atoms with E-state index >= 15 is 0 Å². The number of carbonyl (C=O) groups is 2. The van der Waals surface area contributed by atoms with Crippen molar-refractivity contribution in [2.24, 2.45) is 0 Å². The van der Waals surface area contributed by atoms with Crippen LogP contribution in [0.4, 0.5) is 10.6 Å². The Morgan fingerprint density at radius 2 is 1.76 bits per heavy atom. The highest BCUT2D eigenvalue weighted by molar-refractivity contribution is 6.33. The molecular formula is C24H33ClN6O2. The van der Waals surface area contributed by atoms with Crippen LogP contribution < -0.4 is 10.2 Å². The summed E-state index contributed by atoms with van der Waals surface area (Å²) in [5.74, 6) is 0.740. The minimum absolute atomic E-state index is 0.0131. The van der Waals surface area contributed by atoms with Gasteiger partial charge in [0, 0.05) is 43.8 Å². The third kappa shape index (κ3) is 6.35. The molecule has 0 spiro atoms. The number of aromatic nitrogens is 2. The van der Waals surface area contributed by atoms with E-state index < -0.39 is 0 Å². The van der Waals surface area contributed by atoms with Crippen LogP contribution in [0, 0.1) is 0 Å². The average molecular weight is 473 g/mol. The van der Waals surface area contributed by atoms with E-state index in [0.717, 1.165) is 23.5 Å². The summed E-state index contributed by atoms with van der Waals surface area (Å²) in [6.45, 7) is 10.4. The summed E-state index contributed by atoms with van der Waals surface area (Å²) in [6.07, 6.45) is 0.787. The Hall–Kier alpha value is -2.87. The summed E-state index contributed by atoms with van der Waals surface area (Å²) >= 11 is 6.26. The normalized spacial score (nSPS) is 14.8. The molecule has 33 heavy (non-hydrogen) atoms. The van der Waals surface area contributed by atoms with Crippen LogP contribution in [0.25, 0.3) is 11.3 Å². The van der Waals surface area contributed by atoms with Gasteiger partial charge in [-0.05, 0) is 45.4 Å². The second kappa shape index (κ2) is 11.3. The molecule has 0 radical (unpaired) electrons. The number of rotatable bonds is 7. The third-order valence-electron chi connectivity index (χ3n) is 5.86. The quantitative estimate of drug-likeness (QED) is 0.665. The largest absolute Gasteiger partial charge is 0.352 e. The Labute approximate surface area is 200 Å². The lowest BCUT2D eigenvalue weighted by molar-refractivity contribution is -0.132. The number of anilines is 1. The van der Waals surface area contributed by atoms with Gasteiger partial charge in [0.05, 0.1) is 10.7 Å². The molecule has 1 fully saturated rings. The summed E-state index contributed by atoms with van der Waals surface area (Å²) in [5, 5.41) is 12.3. The Bertz CT molecular complexity index is 944. The van der Waals surface area contributed by atoms with E-state index in [1.165, 1.54) is 0 Å². The van der Waals surface area contributed by atoms with E-state index in [-0.39, 0.29) is 30.6 Å². The third-order valence-corrected chi connectivity index (χ3v) is 6.19. The first-order valence-electron chi connectivity index (χ1n) is 11.5. The van der Waals surface area contributed by atoms with Gasteiger partial charge in [-0.3, -0.25) is 4.79 Å². The Kier molecular flexibility index (Phi) is 8.49. The van der Waals surface area contributed by atoms with Crippen LogP contribution in [0.2, 0.25) is 5.02 Å². The van der Waals surface area contributed by atoms with E-state index in [4.69, 9.17) is 11.6 Å². The molecule has 1 unspecified atom stereocenters. The van der Waals surface area contributed by atoms with E-state index in [1.807, 2.05) is 69.0 Å². The van der Waals surface area contributed by atoms with Crippen molar-refractivity contribution in [3.05, 3.63) is 41.4 Å². The molecule has 2 aromatic rings. The van der Waals surface area contributed by atoms with Crippen LogP contribution in [0.5, 0.6) is 0 Å². The second-order valence-electron chi connectivity index (χ2n) is 8.61. The molecule has 1 aliphatic rings. The van der Waals surface area contributed by atoms with Gasteiger partial charge in [0.1, 0.15) is 6.54 Å². The maximum Gasteiger partial charge on any atom is 0.318 e. The lowest BCUT2D eigenvalue weighted by Gasteiger charge is -2.37. The molecule has 2 heterocycles. The molecule has 1 saturated heterocycles. The molecule has 3 amide bonds. The average Bonchev–Trinajstić information content (AvgIpc) is 2.82. The van der Waals surface area contributed by atoms with Crippen LogP contribution >= 0.6 is 11.6 Å². The Balaban J connectivity index is 1.58. The molecule has 0 saturated carbocycles. The van der Waals surface area contributed by atoms with Crippen molar-refractivity contribution in [3.8, 4) is 11.3 Å². The van der Waals surface area contributed by atoms with Gasteiger partial charge in [-0.2, -0.15) is 0 Å². The SMILES string of the molecule is CCC(C)N(CC(=O)N1CCN(c2ccc(-c3ccccc3Cl)nn2)CC1)C(=O)NC(C)C. The molecule has 1 atom stereocenters. The lowest BCUT2D eigenvalue weighted by Crippen LogP contribution is -2.55. The van der Waals surface area contributed by atoms with Crippen LogP contribution in [0.1, 0.15) is 34.1 Å². The number of amides is 3. The summed E-state index contributed by atoms with van der Waals surface area (Å²) < 4.78 is 0. The van der Waals surface area contributed by atoms with Gasteiger partial charge in [0.25, 0.3) is 0 Å². The highest BCUT2D eigenvalue weighted by Crippen LogP contribution is 2.26. The van der Waals surface area contributed by atoms with Gasteiger partial charge in [-0.15, -0.1) is 10.2 Å². The number of nitrogens with one attached hydrogen (secondary N) is 1. The van der Waals surface area contributed by atoms with Gasteiger partial charge in [-0.25, -0.2) is 4.79 Å². The maximum absolute atomic E-state index is 12.9. The van der Waals surface area contributed by atoms with E-state index in [2.05, 4.69) is 20.4 Å². The summed E-state index contributed by atoms with van der Waals surface area (Å²) in [7, 11) is 0. The van der Waals surface area contributed by atoms with E-state index in [0.29, 0.717) is 31.2 Å². The van der Waals surface area contributed by atoms with E-state index in [9.17, 15) is 9.59 Å². The van der Waals surface area contributed by atoms with Crippen molar-refractivity contribution in [1.82, 2.24) is 25.3 Å². The van der Waals surface area contributed by atoms with Gasteiger partial charge < -0.3 is 20.0 Å². The first-order chi connectivity index (χ1) is 15.8. The number of urea groups is 1. The Morgan fingerprint density at radius 3 is 2.33 bits per heavy atom. The molecule has 3 rings (SSSR count). The second-order valence-corrected chi connectivity index (χ2v) is 9.02. The van der Waals surface area contributed by atoms with Crippen molar-refractivity contribution < 1.29 is 9.59 Å². The Morgan fingerprint density at radius 1 is 1.06 bits per heavy atom. The fourth-order valence-electron chi connectivity index (χ4n) is 3.72. The summed E-state index contributed by atoms with van der Waals surface area (Å²) in [6, 6.07) is 11.2. The van der Waals surface area contributed by atoms with Crippen molar-refractivity contribution in [1.29, 1.82) is 0 Å². The molecule has 8 nitrogen and oxygen atoms in total. The smallest absolute Gasteiger partial charge is 0.318 e. The van der Waals surface area contributed by atoms with Gasteiger partial charge in [0.2, 0.25) is 5.91 Å². The van der Waals surface area contributed by atoms with Gasteiger partial charge >= 0.3 is 6.03 Å². The fraction of sp³-hybridized carbons (Fsp3) is 0.500. The molecule has 1 N–H and O–H groups in total. The van der Waals surface area contributed by atoms with Crippen LogP contribution in [0.3, 0.4) is 0 Å². The first kappa shape index (κ1) is 24.8. The van der Waals surface area contributed by atoms with Gasteiger partial charge in [0.15, 0.2) is 5.82 Å². The molecule has 0 aliphatic carbocycles. The summed E-state index contributed by atoms with van der Waals surface area (Å²) in [4.78, 5) is 31.1. The number of nitrogens with zero attached hydrogens (tertiary/aromatic N) is 5. The lowest BCUT2D eigenvalue weighted by atomic mass is 10.1. The van der Waals surface area contributed by atoms with E-state index in [1.54, 1.807) is 4.90 Å². The highest BCUT2D eigenvalue weighted by Gasteiger charge is 2.27. The fourth-order valence-corrected chi connectivity index (χ4v) is 3.95. The maximum atomic E-state index is 12.9.